The molecule has 1 aromatic heterocycles. The number of amides is 1. The molecule has 3 rings (SSSR count). The molecule has 0 bridgehead atoms. The van der Waals surface area contributed by atoms with E-state index in [0.717, 1.165) is 0 Å². The van der Waals surface area contributed by atoms with Crippen LogP contribution in [-0.2, 0) is 16.6 Å². The highest BCUT2D eigenvalue weighted by atomic mass is 79.9. The number of hydrogen-bond donors (Lipinski definition) is 0. The van der Waals surface area contributed by atoms with Gasteiger partial charge in [0, 0.05) is 19.2 Å². The monoisotopic (exact) mass is 412 g/mol. The Morgan fingerprint density at radius 2 is 1.96 bits per heavy atom. The zero-order chi connectivity index (χ0) is 17.3. The van der Waals surface area contributed by atoms with E-state index in [2.05, 4.69) is 15.9 Å². The van der Waals surface area contributed by atoms with Gasteiger partial charge in [0.1, 0.15) is 5.76 Å². The van der Waals surface area contributed by atoms with Gasteiger partial charge >= 0.3 is 0 Å². The third-order valence-corrected chi connectivity index (χ3v) is 6.17. The quantitative estimate of drug-likeness (QED) is 0.773. The highest BCUT2D eigenvalue weighted by Crippen LogP contribution is 2.24. The van der Waals surface area contributed by atoms with Crippen LogP contribution in [0.25, 0.3) is 0 Å². The van der Waals surface area contributed by atoms with Crippen LogP contribution >= 0.6 is 15.9 Å². The second kappa shape index (κ2) is 6.60. The minimum Gasteiger partial charge on any atom is -0.452 e. The van der Waals surface area contributed by atoms with E-state index in [0.29, 0.717) is 41.2 Å². The summed E-state index contributed by atoms with van der Waals surface area (Å²) in [5, 5.41) is 0. The van der Waals surface area contributed by atoms with Crippen LogP contribution in [0.2, 0.25) is 0 Å². The number of carbonyl (C=O) groups excluding carboxylic acids is 1. The van der Waals surface area contributed by atoms with Crippen LogP contribution in [0, 0.1) is 0 Å². The van der Waals surface area contributed by atoms with Gasteiger partial charge in [0.15, 0.2) is 4.67 Å². The minimum absolute atomic E-state index is 0.154. The van der Waals surface area contributed by atoms with Gasteiger partial charge in [-0.25, -0.2) is 8.42 Å². The summed E-state index contributed by atoms with van der Waals surface area (Å²) in [6.45, 7) is 0.843. The first-order chi connectivity index (χ1) is 11.4. The summed E-state index contributed by atoms with van der Waals surface area (Å²) >= 11 is 3.23. The highest BCUT2D eigenvalue weighted by Gasteiger charge is 2.28. The Hall–Kier alpha value is -1.80. The molecule has 1 amide bonds. The molecule has 1 saturated heterocycles. The van der Waals surface area contributed by atoms with Crippen LogP contribution in [0.3, 0.4) is 0 Å². The zero-order valence-corrected chi connectivity index (χ0v) is 15.5. The predicted octanol–water partition coefficient (Wildman–Crippen LogP) is 2.85. The van der Waals surface area contributed by atoms with Crippen molar-refractivity contribution < 1.29 is 17.6 Å². The molecule has 8 heteroatoms. The first-order valence-electron chi connectivity index (χ1n) is 7.47. The van der Waals surface area contributed by atoms with E-state index < -0.39 is 10.0 Å². The summed E-state index contributed by atoms with van der Waals surface area (Å²) in [5.74, 6) is 0.700. The molecule has 1 aromatic carbocycles. The maximum Gasteiger partial charge on any atom is 0.254 e. The number of benzene rings is 1. The fourth-order valence-corrected chi connectivity index (χ4v) is 4.57. The molecule has 0 saturated carbocycles. The second-order valence-corrected chi connectivity index (χ2v) is 8.45. The minimum atomic E-state index is -3.21. The number of nitrogens with zero attached hydrogens (tertiary/aromatic N) is 2. The van der Waals surface area contributed by atoms with Crippen molar-refractivity contribution in [2.75, 3.05) is 23.7 Å². The molecule has 1 aliphatic rings. The molecule has 1 aliphatic heterocycles. The third kappa shape index (κ3) is 3.49. The van der Waals surface area contributed by atoms with E-state index in [1.54, 1.807) is 48.3 Å². The molecule has 0 aliphatic carbocycles. The molecule has 0 atom stereocenters. The van der Waals surface area contributed by atoms with Crippen molar-refractivity contribution in [2.24, 2.45) is 0 Å². The summed E-state index contributed by atoms with van der Waals surface area (Å²) in [4.78, 5) is 14.0. The number of anilines is 1. The van der Waals surface area contributed by atoms with E-state index in [1.807, 2.05) is 0 Å². The number of carbonyl (C=O) groups is 1. The van der Waals surface area contributed by atoms with Crippen molar-refractivity contribution in [1.82, 2.24) is 4.90 Å². The van der Waals surface area contributed by atoms with Crippen molar-refractivity contribution in [1.29, 1.82) is 0 Å². The molecule has 128 valence electrons. The largest absolute Gasteiger partial charge is 0.452 e. The fourth-order valence-electron chi connectivity index (χ4n) is 2.66. The van der Waals surface area contributed by atoms with E-state index in [1.165, 1.54) is 4.31 Å². The van der Waals surface area contributed by atoms with Gasteiger partial charge < -0.3 is 9.32 Å². The summed E-state index contributed by atoms with van der Waals surface area (Å²) in [7, 11) is -1.51. The van der Waals surface area contributed by atoms with Gasteiger partial charge in [0.25, 0.3) is 5.91 Å². The number of halogens is 1. The van der Waals surface area contributed by atoms with Gasteiger partial charge in [0.05, 0.1) is 18.0 Å². The molecular weight excluding hydrogens is 396 g/mol. The maximum atomic E-state index is 12.5. The highest BCUT2D eigenvalue weighted by molar-refractivity contribution is 9.10. The average Bonchev–Trinajstić information content (AvgIpc) is 3.11. The normalized spacial score (nSPS) is 16.3. The Kier molecular flexibility index (Phi) is 4.69. The van der Waals surface area contributed by atoms with Crippen LogP contribution in [-0.4, -0.2) is 38.6 Å². The average molecular weight is 413 g/mol. The van der Waals surface area contributed by atoms with Crippen LogP contribution in [0.1, 0.15) is 22.5 Å². The summed E-state index contributed by atoms with van der Waals surface area (Å²) < 4.78 is 31.3. The third-order valence-electron chi connectivity index (χ3n) is 3.87. The molecular formula is C16H17BrN2O4S. The van der Waals surface area contributed by atoms with Gasteiger partial charge in [0.2, 0.25) is 10.0 Å². The molecule has 6 nitrogen and oxygen atoms in total. The summed E-state index contributed by atoms with van der Waals surface area (Å²) in [6, 6.07) is 10.2. The topological polar surface area (TPSA) is 70.8 Å². The second-order valence-electron chi connectivity index (χ2n) is 5.66. The molecule has 2 aromatic rings. The Labute approximate surface area is 149 Å². The maximum absolute atomic E-state index is 12.5. The smallest absolute Gasteiger partial charge is 0.254 e. The lowest BCUT2D eigenvalue weighted by molar-refractivity contribution is 0.0775. The Bertz CT molecular complexity index is 845. The molecule has 0 N–H and O–H groups in total. The van der Waals surface area contributed by atoms with Crippen LogP contribution < -0.4 is 4.31 Å². The lowest BCUT2D eigenvalue weighted by atomic mass is 10.2. The van der Waals surface area contributed by atoms with E-state index in [9.17, 15) is 13.2 Å². The van der Waals surface area contributed by atoms with E-state index >= 15 is 0 Å². The zero-order valence-electron chi connectivity index (χ0n) is 13.1. The Morgan fingerprint density at radius 1 is 1.25 bits per heavy atom. The van der Waals surface area contributed by atoms with E-state index in [-0.39, 0.29) is 11.7 Å². The van der Waals surface area contributed by atoms with Crippen LogP contribution in [0.15, 0.2) is 45.5 Å². The fraction of sp³-hybridized carbons (Fsp3) is 0.312. The van der Waals surface area contributed by atoms with Crippen LogP contribution in [0.5, 0.6) is 0 Å². The first kappa shape index (κ1) is 17.0. The molecule has 0 radical (unpaired) electrons. The summed E-state index contributed by atoms with van der Waals surface area (Å²) in [6.07, 6.45) is 0.629. The standard InChI is InChI=1S/C16H17BrN2O4S/c1-18(11-14-7-8-15(17)23-14)16(20)12-3-5-13(6-4-12)19-9-2-10-24(19,21)22/h3-8H,2,9-11H2,1H3. The SMILES string of the molecule is CN(Cc1ccc(Br)o1)C(=O)c1ccc(N2CCCS2(=O)=O)cc1. The lowest BCUT2D eigenvalue weighted by Gasteiger charge is -2.18. The van der Waals surface area contributed by atoms with E-state index in [4.69, 9.17) is 4.42 Å². The molecule has 24 heavy (non-hydrogen) atoms. The van der Waals surface area contributed by atoms with Gasteiger partial charge in [-0.05, 0) is 58.7 Å². The number of hydrogen-bond acceptors (Lipinski definition) is 4. The summed E-state index contributed by atoms with van der Waals surface area (Å²) in [5.41, 5.74) is 1.10. The Morgan fingerprint density at radius 3 is 2.50 bits per heavy atom. The van der Waals surface area contributed by atoms with Gasteiger partial charge in [-0.2, -0.15) is 0 Å². The van der Waals surface area contributed by atoms with Crippen LogP contribution in [0.4, 0.5) is 5.69 Å². The van der Waals surface area contributed by atoms with Crippen molar-refractivity contribution in [2.45, 2.75) is 13.0 Å². The molecule has 0 spiro atoms. The van der Waals surface area contributed by atoms with Crippen molar-refractivity contribution in [3.8, 4) is 0 Å². The number of sulfonamides is 1. The first-order valence-corrected chi connectivity index (χ1v) is 9.87. The Balaban J connectivity index is 1.71. The van der Waals surface area contributed by atoms with Gasteiger partial charge in [-0.3, -0.25) is 9.10 Å². The predicted molar refractivity (Wildman–Crippen MR) is 94.4 cm³/mol. The number of furan rings is 1. The number of rotatable bonds is 4. The molecule has 1 fully saturated rings. The lowest BCUT2D eigenvalue weighted by Crippen LogP contribution is -2.27. The van der Waals surface area contributed by atoms with Gasteiger partial charge in [-0.15, -0.1) is 0 Å². The van der Waals surface area contributed by atoms with Crippen molar-refractivity contribution in [3.63, 3.8) is 0 Å². The van der Waals surface area contributed by atoms with Gasteiger partial charge in [-0.1, -0.05) is 0 Å². The molecule has 0 unspecified atom stereocenters. The van der Waals surface area contributed by atoms with Crippen molar-refractivity contribution >= 4 is 37.5 Å². The van der Waals surface area contributed by atoms with Crippen molar-refractivity contribution in [3.05, 3.63) is 52.4 Å². The molecule has 2 heterocycles.